The van der Waals surface area contributed by atoms with Crippen LogP contribution in [0, 0.1) is 16.7 Å². The Kier molecular flexibility index (Phi) is 10.8. The fraction of sp³-hybridized carbons (Fsp3) is 0.407. The van der Waals surface area contributed by atoms with Gasteiger partial charge in [-0.25, -0.2) is 17.7 Å². The van der Waals surface area contributed by atoms with Crippen LogP contribution >= 0.6 is 0 Å². The van der Waals surface area contributed by atoms with Gasteiger partial charge < -0.3 is 11.1 Å². The highest BCUT2D eigenvalue weighted by atomic mass is 32.2. The van der Waals surface area contributed by atoms with Crippen LogP contribution in [0.2, 0.25) is 0 Å². The number of guanidine groups is 1. The van der Waals surface area contributed by atoms with Crippen LogP contribution in [0.4, 0.5) is 5.69 Å². The number of benzene rings is 1. The molecule has 37 heavy (non-hydrogen) atoms. The lowest BCUT2D eigenvalue weighted by atomic mass is 9.83. The van der Waals surface area contributed by atoms with E-state index in [4.69, 9.17) is 16.4 Å². The SMILES string of the molecule is C\C=C(/N=C(\C=C/C(C#N)=C\C)CCC)C(=O)Nc1ccc2c(c1)C(CS(=O)(=O)N(C)C(=N)N)CCC2. The number of amides is 1. The van der Waals surface area contributed by atoms with Crippen molar-refractivity contribution < 1.29 is 13.2 Å². The zero-order valence-corrected chi connectivity index (χ0v) is 22.7. The molecule has 1 aliphatic rings. The number of nitrogens with zero attached hydrogens (tertiary/aromatic N) is 3. The lowest BCUT2D eigenvalue weighted by Gasteiger charge is -2.28. The first-order valence-electron chi connectivity index (χ1n) is 12.3. The Balaban J connectivity index is 2.29. The van der Waals surface area contributed by atoms with E-state index >= 15 is 0 Å². The normalized spacial score (nSPS) is 16.7. The maximum Gasteiger partial charge on any atom is 0.273 e. The molecule has 10 heteroatoms. The van der Waals surface area contributed by atoms with Crippen molar-refractivity contribution in [3.8, 4) is 6.07 Å². The number of fused-ring (bicyclic) bond motifs is 1. The highest BCUT2D eigenvalue weighted by molar-refractivity contribution is 7.89. The quantitative estimate of drug-likeness (QED) is 0.136. The van der Waals surface area contributed by atoms with E-state index < -0.39 is 16.0 Å². The monoisotopic (exact) mass is 524 g/mol. The number of nitrogens with one attached hydrogen (secondary N) is 2. The van der Waals surface area contributed by atoms with E-state index in [-0.39, 0.29) is 23.3 Å². The van der Waals surface area contributed by atoms with Crippen LogP contribution in [0.5, 0.6) is 0 Å². The highest BCUT2D eigenvalue weighted by Crippen LogP contribution is 2.35. The summed E-state index contributed by atoms with van der Waals surface area (Å²) in [5.74, 6) is -1.34. The predicted molar refractivity (Wildman–Crippen MR) is 149 cm³/mol. The Bertz CT molecular complexity index is 1290. The Morgan fingerprint density at radius 1 is 1.32 bits per heavy atom. The van der Waals surface area contributed by atoms with Crippen LogP contribution < -0.4 is 11.1 Å². The van der Waals surface area contributed by atoms with E-state index in [0.29, 0.717) is 29.8 Å². The number of allylic oxidation sites excluding steroid dienone is 5. The smallest absolute Gasteiger partial charge is 0.273 e. The van der Waals surface area contributed by atoms with Gasteiger partial charge in [-0.2, -0.15) is 5.26 Å². The molecule has 0 saturated carbocycles. The molecule has 4 N–H and O–H groups in total. The first-order valence-corrected chi connectivity index (χ1v) is 13.9. The number of rotatable bonds is 10. The van der Waals surface area contributed by atoms with Crippen molar-refractivity contribution in [3.05, 3.63) is 64.9 Å². The average Bonchev–Trinajstić information content (AvgIpc) is 2.87. The van der Waals surface area contributed by atoms with E-state index in [0.717, 1.165) is 34.7 Å². The third kappa shape index (κ3) is 8.15. The molecule has 0 aliphatic heterocycles. The Morgan fingerprint density at radius 2 is 2.05 bits per heavy atom. The molecule has 1 atom stereocenters. The number of sulfonamides is 1. The van der Waals surface area contributed by atoms with Crippen molar-refractivity contribution in [1.82, 2.24) is 4.31 Å². The van der Waals surface area contributed by atoms with E-state index in [1.165, 1.54) is 7.05 Å². The summed E-state index contributed by atoms with van der Waals surface area (Å²) in [7, 11) is -2.47. The topological polar surface area (TPSA) is 152 Å². The molecule has 1 unspecified atom stereocenters. The second kappa shape index (κ2) is 13.6. The van der Waals surface area contributed by atoms with Gasteiger partial charge in [-0.05, 0) is 80.9 Å². The molecule has 0 heterocycles. The van der Waals surface area contributed by atoms with Crippen LogP contribution in [-0.2, 0) is 21.2 Å². The van der Waals surface area contributed by atoms with Crippen molar-refractivity contribution in [2.75, 3.05) is 18.1 Å². The van der Waals surface area contributed by atoms with Crippen LogP contribution in [0.15, 0.2) is 58.8 Å². The summed E-state index contributed by atoms with van der Waals surface area (Å²) >= 11 is 0. The van der Waals surface area contributed by atoms with Crippen LogP contribution in [-0.4, -0.2) is 43.1 Å². The van der Waals surface area contributed by atoms with E-state index in [1.807, 2.05) is 25.1 Å². The second-order valence-electron chi connectivity index (χ2n) is 8.80. The predicted octanol–water partition coefficient (Wildman–Crippen LogP) is 4.37. The summed E-state index contributed by atoms with van der Waals surface area (Å²) in [5.41, 5.74) is 9.30. The van der Waals surface area contributed by atoms with Crippen molar-refractivity contribution in [3.63, 3.8) is 0 Å². The van der Waals surface area contributed by atoms with Crippen molar-refractivity contribution >= 4 is 33.3 Å². The van der Waals surface area contributed by atoms with Gasteiger partial charge >= 0.3 is 0 Å². The van der Waals surface area contributed by atoms with Crippen LogP contribution in [0.1, 0.15) is 63.5 Å². The minimum absolute atomic E-state index is 0.165. The molecule has 1 aromatic rings. The summed E-state index contributed by atoms with van der Waals surface area (Å²) in [6.45, 7) is 5.53. The van der Waals surface area contributed by atoms with Crippen molar-refractivity contribution in [2.24, 2.45) is 10.7 Å². The first kappa shape index (κ1) is 29.5. The summed E-state index contributed by atoms with van der Waals surface area (Å²) in [6.07, 6.45) is 10.6. The van der Waals surface area contributed by atoms with Gasteiger partial charge in [0.2, 0.25) is 16.0 Å². The molecule has 2 rings (SSSR count). The lowest BCUT2D eigenvalue weighted by molar-refractivity contribution is -0.112. The van der Waals surface area contributed by atoms with Gasteiger partial charge in [0.15, 0.2) is 0 Å². The van der Waals surface area contributed by atoms with E-state index in [2.05, 4.69) is 16.4 Å². The van der Waals surface area contributed by atoms with Gasteiger partial charge in [-0.3, -0.25) is 10.2 Å². The van der Waals surface area contributed by atoms with Crippen LogP contribution in [0.25, 0.3) is 0 Å². The molecule has 0 radical (unpaired) electrons. The Morgan fingerprint density at radius 3 is 2.65 bits per heavy atom. The number of hydrogen-bond donors (Lipinski definition) is 3. The minimum Gasteiger partial charge on any atom is -0.369 e. The largest absolute Gasteiger partial charge is 0.369 e. The first-order chi connectivity index (χ1) is 17.6. The summed E-state index contributed by atoms with van der Waals surface area (Å²) in [4.78, 5) is 17.6. The number of aliphatic imine (C=N–C) groups is 1. The summed E-state index contributed by atoms with van der Waals surface area (Å²) < 4.78 is 26.2. The van der Waals surface area contributed by atoms with E-state index in [1.54, 1.807) is 38.2 Å². The molecule has 198 valence electrons. The molecule has 0 aromatic heterocycles. The lowest BCUT2D eigenvalue weighted by Crippen LogP contribution is -2.40. The summed E-state index contributed by atoms with van der Waals surface area (Å²) in [6, 6.07) is 7.65. The molecule has 1 amide bonds. The summed E-state index contributed by atoms with van der Waals surface area (Å²) in [5, 5.41) is 19.5. The number of nitriles is 1. The molecular weight excluding hydrogens is 488 g/mol. The molecule has 1 aromatic carbocycles. The molecule has 0 fully saturated rings. The number of aryl methyl sites for hydroxylation is 1. The Labute approximate surface area is 220 Å². The van der Waals surface area contributed by atoms with Gasteiger partial charge in [0.05, 0.1) is 11.8 Å². The standard InChI is InChI=1S/C27H36N6O3S/c1-5-9-22(14-12-19(6-2)17-28)31-25(7-3)26(34)32-23-15-13-20-10-8-11-21(24(20)16-23)18-37(35,36)33(4)27(29)30/h6-7,12-16,21H,5,8-11,18H2,1-4H3,(H3,29,30)(H,32,34)/b14-12-,19-6+,25-7-,31-22-. The molecular formula is C27H36N6O3S. The zero-order chi connectivity index (χ0) is 27.6. The van der Waals surface area contributed by atoms with Crippen LogP contribution in [0.3, 0.4) is 0 Å². The van der Waals surface area contributed by atoms with Gasteiger partial charge in [0.1, 0.15) is 5.70 Å². The number of nitrogens with two attached hydrogens (primary N) is 1. The number of carbonyl (C=O) groups is 1. The van der Waals surface area contributed by atoms with Gasteiger partial charge in [0, 0.05) is 24.0 Å². The van der Waals surface area contributed by atoms with E-state index in [9.17, 15) is 13.2 Å². The number of hydrogen-bond acceptors (Lipinski definition) is 6. The Hall–Kier alpha value is -3.71. The van der Waals surface area contributed by atoms with Crippen molar-refractivity contribution in [2.45, 2.75) is 58.8 Å². The zero-order valence-electron chi connectivity index (χ0n) is 21.9. The van der Waals surface area contributed by atoms with Gasteiger partial charge in [0.25, 0.3) is 5.91 Å². The van der Waals surface area contributed by atoms with Gasteiger partial charge in [-0.15, -0.1) is 0 Å². The average molecular weight is 525 g/mol. The molecule has 0 saturated heterocycles. The number of anilines is 1. The van der Waals surface area contributed by atoms with Gasteiger partial charge in [-0.1, -0.05) is 31.6 Å². The third-order valence-corrected chi connectivity index (χ3v) is 8.04. The molecule has 1 aliphatic carbocycles. The number of carbonyl (C=O) groups excluding carboxylic acids is 1. The second-order valence-corrected chi connectivity index (χ2v) is 10.8. The molecule has 9 nitrogen and oxygen atoms in total. The molecule has 0 bridgehead atoms. The fourth-order valence-corrected chi connectivity index (χ4v) is 5.45. The fourth-order valence-electron chi connectivity index (χ4n) is 4.08. The maximum atomic E-state index is 13.1. The molecule has 0 spiro atoms. The highest BCUT2D eigenvalue weighted by Gasteiger charge is 2.29. The third-order valence-electron chi connectivity index (χ3n) is 6.18. The van der Waals surface area contributed by atoms with Crippen molar-refractivity contribution in [1.29, 1.82) is 10.7 Å². The maximum absolute atomic E-state index is 13.1. The minimum atomic E-state index is -3.75.